The smallest absolute Gasteiger partial charge is 0.312 e. The fraction of sp³-hybridized carbons (Fsp3) is 0.486. The summed E-state index contributed by atoms with van der Waals surface area (Å²) >= 11 is 5.90. The van der Waals surface area contributed by atoms with Crippen molar-refractivity contribution in [2.45, 2.75) is 82.3 Å². The van der Waals surface area contributed by atoms with E-state index in [0.717, 1.165) is 22.0 Å². The average Bonchev–Trinajstić information content (AvgIpc) is 3.56. The van der Waals surface area contributed by atoms with E-state index in [1.54, 1.807) is 13.1 Å². The molecule has 3 aromatic rings. The second-order valence-electron chi connectivity index (χ2n) is 12.9. The van der Waals surface area contributed by atoms with Gasteiger partial charge in [-0.1, -0.05) is 48.5 Å². The monoisotopic (exact) mass is 739 g/mol. The van der Waals surface area contributed by atoms with E-state index in [0.29, 0.717) is 32.2 Å². The number of likely N-dealkylation sites (tertiary alicyclic amines) is 1. The van der Waals surface area contributed by atoms with Crippen LogP contribution in [0.15, 0.2) is 60.8 Å². The molecule has 2 aromatic carbocycles. The third-order valence-electron chi connectivity index (χ3n) is 9.35. The quantitative estimate of drug-likeness (QED) is 0.0653. The molecular formula is C37H50ClN7O7. The van der Waals surface area contributed by atoms with Crippen LogP contribution in [0.1, 0.15) is 50.2 Å². The molecule has 4 rings (SSSR count). The summed E-state index contributed by atoms with van der Waals surface area (Å²) in [4.78, 5) is 72.6. The molecule has 15 heteroatoms. The molecule has 0 unspecified atom stereocenters. The van der Waals surface area contributed by atoms with Gasteiger partial charge in [-0.3, -0.25) is 19.2 Å². The summed E-state index contributed by atoms with van der Waals surface area (Å²) in [5.74, 6) is -2.17. The molecule has 52 heavy (non-hydrogen) atoms. The molecule has 1 aliphatic heterocycles. The number of benzene rings is 2. The second kappa shape index (κ2) is 19.8. The van der Waals surface area contributed by atoms with E-state index in [9.17, 15) is 29.1 Å². The molecule has 7 N–H and O–H groups in total. The van der Waals surface area contributed by atoms with Crippen LogP contribution in [-0.2, 0) is 36.8 Å². The Bertz CT molecular complexity index is 1660. The van der Waals surface area contributed by atoms with Gasteiger partial charge in [-0.05, 0) is 56.2 Å². The van der Waals surface area contributed by atoms with Gasteiger partial charge in [0.05, 0.1) is 6.04 Å². The van der Waals surface area contributed by atoms with E-state index in [4.69, 9.17) is 22.1 Å². The standard InChI is InChI=1S/C37H50ClN7O7/c1-3-52-36(50)28(16-11-18-40-37(39)51)42-33(47)29(21-25-23-41-27-15-8-7-14-26(25)27)43-34(48)30-17-9-10-19-45(30)35(49)31(44(2)32(46)22-38)20-24-12-5-4-6-13-24/h4-8,12-15,23,28-31,36,41,50H,3,9-11,16-22H2,1-2H3,(H,42,47)(H,43,48)(H3,39,40,51)/t28-,29-,30-,31+,36-/m0/s1. The van der Waals surface area contributed by atoms with Crippen molar-refractivity contribution in [3.8, 4) is 0 Å². The van der Waals surface area contributed by atoms with Crippen molar-refractivity contribution in [1.82, 2.24) is 30.7 Å². The number of aliphatic hydroxyl groups excluding tert-OH is 1. The van der Waals surface area contributed by atoms with E-state index in [2.05, 4.69) is 20.9 Å². The van der Waals surface area contributed by atoms with Crippen molar-refractivity contribution in [2.24, 2.45) is 5.73 Å². The van der Waals surface area contributed by atoms with Gasteiger partial charge in [0, 0.05) is 56.7 Å². The summed E-state index contributed by atoms with van der Waals surface area (Å²) in [6, 6.07) is 12.4. The highest BCUT2D eigenvalue weighted by Crippen LogP contribution is 2.23. The maximum absolute atomic E-state index is 14.3. The molecule has 2 heterocycles. The van der Waals surface area contributed by atoms with Gasteiger partial charge in [-0.25, -0.2) is 4.79 Å². The predicted molar refractivity (Wildman–Crippen MR) is 197 cm³/mol. The highest BCUT2D eigenvalue weighted by molar-refractivity contribution is 6.27. The number of nitrogens with two attached hydrogens (primary N) is 1. The van der Waals surface area contributed by atoms with Crippen LogP contribution >= 0.6 is 11.6 Å². The molecule has 14 nitrogen and oxygen atoms in total. The Labute approximate surface area is 308 Å². The lowest BCUT2D eigenvalue weighted by molar-refractivity contribution is -0.150. The number of amides is 6. The minimum Gasteiger partial charge on any atom is -0.366 e. The second-order valence-corrected chi connectivity index (χ2v) is 13.2. The van der Waals surface area contributed by atoms with E-state index in [1.807, 2.05) is 54.6 Å². The summed E-state index contributed by atoms with van der Waals surface area (Å²) in [6.07, 6.45) is 3.10. The molecule has 0 radical (unpaired) electrons. The number of rotatable bonds is 18. The van der Waals surface area contributed by atoms with E-state index in [1.165, 1.54) is 16.8 Å². The average molecular weight is 740 g/mol. The van der Waals surface area contributed by atoms with Crippen LogP contribution in [0, 0.1) is 0 Å². The van der Waals surface area contributed by atoms with Crippen LogP contribution in [0.2, 0.25) is 0 Å². The number of aromatic amines is 1. The number of halogens is 1. The van der Waals surface area contributed by atoms with Crippen LogP contribution in [0.5, 0.6) is 0 Å². The van der Waals surface area contributed by atoms with Gasteiger partial charge in [0.2, 0.25) is 23.6 Å². The number of urea groups is 1. The lowest BCUT2D eigenvalue weighted by Gasteiger charge is -2.39. The van der Waals surface area contributed by atoms with Crippen molar-refractivity contribution in [3.05, 3.63) is 71.9 Å². The van der Waals surface area contributed by atoms with Crippen molar-refractivity contribution in [3.63, 3.8) is 0 Å². The first kappa shape index (κ1) is 40.1. The Morgan fingerprint density at radius 1 is 1.06 bits per heavy atom. The van der Waals surface area contributed by atoms with Crippen LogP contribution in [-0.4, -0.2) is 113 Å². The maximum atomic E-state index is 14.3. The molecular weight excluding hydrogens is 690 g/mol. The highest BCUT2D eigenvalue weighted by Gasteiger charge is 2.39. The molecule has 282 valence electrons. The number of ether oxygens (including phenoxy) is 1. The number of primary amides is 1. The number of hydrogen-bond acceptors (Lipinski definition) is 7. The predicted octanol–water partition coefficient (Wildman–Crippen LogP) is 2.17. The maximum Gasteiger partial charge on any atom is 0.312 e. The molecule has 0 bridgehead atoms. The van der Waals surface area contributed by atoms with Crippen LogP contribution in [0.4, 0.5) is 4.79 Å². The minimum absolute atomic E-state index is 0.104. The number of carbonyl (C=O) groups is 5. The zero-order valence-corrected chi connectivity index (χ0v) is 30.4. The van der Waals surface area contributed by atoms with Crippen LogP contribution in [0.25, 0.3) is 10.9 Å². The van der Waals surface area contributed by atoms with Gasteiger partial charge in [0.1, 0.15) is 24.0 Å². The minimum atomic E-state index is -1.35. The molecule has 0 aliphatic carbocycles. The molecule has 1 aliphatic rings. The first-order chi connectivity index (χ1) is 25.0. The summed E-state index contributed by atoms with van der Waals surface area (Å²) in [5.41, 5.74) is 7.67. The molecule has 1 aromatic heterocycles. The molecule has 1 fully saturated rings. The highest BCUT2D eigenvalue weighted by atomic mass is 35.5. The van der Waals surface area contributed by atoms with Gasteiger partial charge < -0.3 is 46.3 Å². The fourth-order valence-corrected chi connectivity index (χ4v) is 6.73. The zero-order chi connectivity index (χ0) is 37.6. The molecule has 5 atom stereocenters. The zero-order valence-electron chi connectivity index (χ0n) is 29.7. The largest absolute Gasteiger partial charge is 0.366 e. The Morgan fingerprint density at radius 3 is 2.50 bits per heavy atom. The SMILES string of the molecule is CCO[C@H](O)[C@H](CCCNC(N)=O)NC(=O)[C@H](Cc1c[nH]c2ccccc12)NC(=O)[C@@H]1CCCCN1C(=O)[C@@H](Cc1ccccc1)N(C)C(=O)CCl. The molecule has 0 saturated carbocycles. The van der Waals surface area contributed by atoms with Gasteiger partial charge in [0.25, 0.3) is 0 Å². The van der Waals surface area contributed by atoms with Crippen LogP contribution in [0.3, 0.4) is 0 Å². The fourth-order valence-electron chi connectivity index (χ4n) is 6.54. The number of piperidine rings is 1. The van der Waals surface area contributed by atoms with Crippen molar-refractivity contribution >= 4 is 52.2 Å². The van der Waals surface area contributed by atoms with Crippen molar-refractivity contribution in [1.29, 1.82) is 0 Å². The normalized spacial score (nSPS) is 16.7. The van der Waals surface area contributed by atoms with E-state index in [-0.39, 0.29) is 44.2 Å². The van der Waals surface area contributed by atoms with Crippen molar-refractivity contribution in [2.75, 3.05) is 32.6 Å². The number of alkyl halides is 1. The van der Waals surface area contributed by atoms with Gasteiger partial charge in [0.15, 0.2) is 6.29 Å². The number of likely N-dealkylation sites (N-methyl/N-ethyl adjacent to an activating group) is 1. The molecule has 6 amide bonds. The molecule has 0 spiro atoms. The number of carbonyl (C=O) groups excluding carboxylic acids is 5. The summed E-state index contributed by atoms with van der Waals surface area (Å²) in [7, 11) is 1.54. The number of H-pyrrole nitrogens is 1. The van der Waals surface area contributed by atoms with Crippen molar-refractivity contribution < 1.29 is 33.8 Å². The molecule has 1 saturated heterocycles. The number of fused-ring (bicyclic) bond motifs is 1. The number of hydrogen-bond donors (Lipinski definition) is 6. The van der Waals surface area contributed by atoms with Gasteiger partial charge >= 0.3 is 6.03 Å². The van der Waals surface area contributed by atoms with Crippen LogP contribution < -0.4 is 21.7 Å². The third-order valence-corrected chi connectivity index (χ3v) is 9.58. The topological polar surface area (TPSA) is 199 Å². The number of nitrogens with one attached hydrogen (secondary N) is 4. The summed E-state index contributed by atoms with van der Waals surface area (Å²) in [5, 5.41) is 19.9. The van der Waals surface area contributed by atoms with E-state index < -0.39 is 54.2 Å². The Morgan fingerprint density at radius 2 is 1.79 bits per heavy atom. The Balaban J connectivity index is 1.60. The number of para-hydroxylation sites is 1. The Kier molecular flexibility index (Phi) is 15.3. The summed E-state index contributed by atoms with van der Waals surface area (Å²) in [6.45, 7) is 2.41. The third kappa shape index (κ3) is 10.9. The van der Waals surface area contributed by atoms with Gasteiger partial charge in [-0.2, -0.15) is 0 Å². The Hall–Kier alpha value is -4.66. The lowest BCUT2D eigenvalue weighted by atomic mass is 9.96. The number of aromatic nitrogens is 1. The lowest BCUT2D eigenvalue weighted by Crippen LogP contribution is -2.61. The first-order valence-corrected chi connectivity index (χ1v) is 18.2. The van der Waals surface area contributed by atoms with Gasteiger partial charge in [-0.15, -0.1) is 11.6 Å². The van der Waals surface area contributed by atoms with E-state index >= 15 is 0 Å². The number of nitrogens with zero attached hydrogens (tertiary/aromatic N) is 2. The first-order valence-electron chi connectivity index (χ1n) is 17.7. The summed E-state index contributed by atoms with van der Waals surface area (Å²) < 4.78 is 5.41. The number of aliphatic hydroxyl groups is 1.